The Labute approximate surface area is 112 Å². The van der Waals surface area contributed by atoms with Crippen molar-refractivity contribution in [3.8, 4) is 0 Å². The van der Waals surface area contributed by atoms with Crippen LogP contribution in [0.4, 0.5) is 4.79 Å². The molecule has 1 aliphatic carbocycles. The van der Waals surface area contributed by atoms with Crippen molar-refractivity contribution in [2.24, 2.45) is 10.7 Å². The van der Waals surface area contributed by atoms with Crippen LogP contribution in [0.25, 0.3) is 0 Å². The van der Waals surface area contributed by atoms with Gasteiger partial charge in [-0.3, -0.25) is 14.7 Å². The van der Waals surface area contributed by atoms with Gasteiger partial charge >= 0.3 is 6.03 Å². The van der Waals surface area contributed by atoms with Crippen LogP contribution in [0.1, 0.15) is 32.1 Å². The monoisotopic (exact) mass is 267 g/mol. The van der Waals surface area contributed by atoms with Crippen LogP contribution in [-0.4, -0.2) is 48.5 Å². The van der Waals surface area contributed by atoms with Crippen LogP contribution in [0.15, 0.2) is 4.99 Å². The number of nitrogens with two attached hydrogens (primary N) is 1. The van der Waals surface area contributed by atoms with E-state index in [0.717, 1.165) is 17.7 Å². The zero-order valence-corrected chi connectivity index (χ0v) is 11.0. The number of hydrogen-bond acceptors (Lipinski definition) is 3. The molecule has 106 valence electrons. The summed E-state index contributed by atoms with van der Waals surface area (Å²) in [6.07, 6.45) is 6.01. The fourth-order valence-corrected chi connectivity index (χ4v) is 2.45. The van der Waals surface area contributed by atoms with Crippen molar-refractivity contribution in [1.82, 2.24) is 15.5 Å². The van der Waals surface area contributed by atoms with Gasteiger partial charge in [0, 0.05) is 6.04 Å². The Morgan fingerprint density at radius 3 is 2.74 bits per heavy atom. The average molecular weight is 267 g/mol. The van der Waals surface area contributed by atoms with Crippen LogP contribution in [0, 0.1) is 0 Å². The van der Waals surface area contributed by atoms with Crippen molar-refractivity contribution >= 4 is 17.9 Å². The molecule has 1 saturated heterocycles. The lowest BCUT2D eigenvalue weighted by Crippen LogP contribution is -2.41. The molecule has 0 aromatic rings. The molecule has 2 rings (SSSR count). The van der Waals surface area contributed by atoms with Gasteiger partial charge < -0.3 is 16.4 Å². The molecule has 7 heteroatoms. The first kappa shape index (κ1) is 13.6. The first-order valence-electron chi connectivity index (χ1n) is 6.81. The van der Waals surface area contributed by atoms with Gasteiger partial charge in [0.05, 0.1) is 19.6 Å². The summed E-state index contributed by atoms with van der Waals surface area (Å²) in [7, 11) is 0. The summed E-state index contributed by atoms with van der Waals surface area (Å²) in [4.78, 5) is 27.9. The van der Waals surface area contributed by atoms with Crippen molar-refractivity contribution in [3.63, 3.8) is 0 Å². The highest BCUT2D eigenvalue weighted by Crippen LogP contribution is 2.16. The molecule has 1 saturated carbocycles. The number of urea groups is 1. The zero-order valence-electron chi connectivity index (χ0n) is 11.0. The second-order valence-electron chi connectivity index (χ2n) is 4.95. The standard InChI is InChI=1S/C12H21N5O2/c13-11(16-9-4-2-1-3-5-9)14-6-7-17-10(18)8-15-12(17)19/h9H,1-8H2,(H,15,19)(H3,13,14,16). The van der Waals surface area contributed by atoms with E-state index in [1.165, 1.54) is 19.3 Å². The highest BCUT2D eigenvalue weighted by molar-refractivity contribution is 6.01. The van der Waals surface area contributed by atoms with Gasteiger partial charge in [0.1, 0.15) is 0 Å². The molecule has 1 heterocycles. The van der Waals surface area contributed by atoms with E-state index in [-0.39, 0.29) is 25.0 Å². The third-order valence-corrected chi connectivity index (χ3v) is 3.50. The third-order valence-electron chi connectivity index (χ3n) is 3.50. The molecular formula is C12H21N5O2. The maximum absolute atomic E-state index is 11.3. The number of rotatable bonds is 4. The van der Waals surface area contributed by atoms with E-state index >= 15 is 0 Å². The van der Waals surface area contributed by atoms with Crippen molar-refractivity contribution < 1.29 is 9.59 Å². The largest absolute Gasteiger partial charge is 0.370 e. The number of carbonyl (C=O) groups excluding carboxylic acids is 2. The van der Waals surface area contributed by atoms with E-state index in [1.807, 2.05) is 0 Å². The molecule has 2 aliphatic rings. The quantitative estimate of drug-likeness (QED) is 0.372. The highest BCUT2D eigenvalue weighted by atomic mass is 16.2. The second-order valence-corrected chi connectivity index (χ2v) is 4.95. The van der Waals surface area contributed by atoms with Gasteiger partial charge in [-0.1, -0.05) is 19.3 Å². The van der Waals surface area contributed by atoms with Crippen LogP contribution < -0.4 is 16.4 Å². The maximum Gasteiger partial charge on any atom is 0.324 e. The van der Waals surface area contributed by atoms with Gasteiger partial charge in [-0.2, -0.15) is 0 Å². The number of carbonyl (C=O) groups is 2. The smallest absolute Gasteiger partial charge is 0.324 e. The zero-order chi connectivity index (χ0) is 13.7. The minimum Gasteiger partial charge on any atom is -0.370 e. The predicted octanol–water partition coefficient (Wildman–Crippen LogP) is -0.225. The SMILES string of the molecule is NC(=NCCN1C(=O)CNC1=O)NC1CCCCC1. The molecule has 0 spiro atoms. The van der Waals surface area contributed by atoms with Crippen molar-refractivity contribution in [1.29, 1.82) is 0 Å². The Hall–Kier alpha value is -1.79. The average Bonchev–Trinajstić information content (AvgIpc) is 2.71. The first-order chi connectivity index (χ1) is 9.16. The lowest BCUT2D eigenvalue weighted by molar-refractivity contribution is -0.124. The first-order valence-corrected chi connectivity index (χ1v) is 6.81. The van der Waals surface area contributed by atoms with Crippen LogP contribution >= 0.6 is 0 Å². The fourth-order valence-electron chi connectivity index (χ4n) is 2.45. The Morgan fingerprint density at radius 1 is 1.37 bits per heavy atom. The molecule has 0 atom stereocenters. The van der Waals surface area contributed by atoms with Crippen molar-refractivity contribution in [2.75, 3.05) is 19.6 Å². The summed E-state index contributed by atoms with van der Waals surface area (Å²) in [6.45, 7) is 0.695. The molecule has 0 aromatic heterocycles. The fraction of sp³-hybridized carbons (Fsp3) is 0.750. The third kappa shape index (κ3) is 3.84. The molecule has 7 nitrogen and oxygen atoms in total. The van der Waals surface area contributed by atoms with Crippen LogP contribution in [0.2, 0.25) is 0 Å². The van der Waals surface area contributed by atoms with Gasteiger partial charge in [0.2, 0.25) is 5.91 Å². The van der Waals surface area contributed by atoms with E-state index in [1.54, 1.807) is 0 Å². The van der Waals surface area contributed by atoms with Crippen molar-refractivity contribution in [3.05, 3.63) is 0 Å². The lowest BCUT2D eigenvalue weighted by atomic mass is 9.96. The van der Waals surface area contributed by atoms with E-state index in [0.29, 0.717) is 18.5 Å². The summed E-state index contributed by atoms with van der Waals surface area (Å²) in [5, 5.41) is 5.66. The van der Waals surface area contributed by atoms with E-state index in [4.69, 9.17) is 5.73 Å². The molecule has 0 unspecified atom stereocenters. The number of hydrogen-bond donors (Lipinski definition) is 3. The molecule has 0 bridgehead atoms. The normalized spacial score (nSPS) is 21.7. The number of imide groups is 1. The number of amides is 3. The van der Waals surface area contributed by atoms with Crippen molar-refractivity contribution in [2.45, 2.75) is 38.1 Å². The number of nitrogens with zero attached hydrogens (tertiary/aromatic N) is 2. The predicted molar refractivity (Wildman–Crippen MR) is 71.6 cm³/mol. The number of aliphatic imine (C=N–C) groups is 1. The Morgan fingerprint density at radius 2 is 2.11 bits per heavy atom. The summed E-state index contributed by atoms with van der Waals surface area (Å²) in [6, 6.07) is 0.0632. The van der Waals surface area contributed by atoms with Crippen LogP contribution in [0.5, 0.6) is 0 Å². The molecule has 19 heavy (non-hydrogen) atoms. The minimum absolute atomic E-state index is 0.0817. The molecule has 3 amide bonds. The molecular weight excluding hydrogens is 246 g/mol. The minimum atomic E-state index is -0.348. The molecule has 0 radical (unpaired) electrons. The van der Waals surface area contributed by atoms with Gasteiger partial charge in [-0.05, 0) is 12.8 Å². The summed E-state index contributed by atoms with van der Waals surface area (Å²) < 4.78 is 0. The Kier molecular flexibility index (Phi) is 4.59. The Bertz CT molecular complexity index is 360. The Balaban J connectivity index is 1.72. The van der Waals surface area contributed by atoms with Gasteiger partial charge in [0.15, 0.2) is 5.96 Å². The van der Waals surface area contributed by atoms with Gasteiger partial charge in [-0.25, -0.2) is 4.79 Å². The van der Waals surface area contributed by atoms with Crippen LogP contribution in [-0.2, 0) is 4.79 Å². The van der Waals surface area contributed by atoms with Crippen LogP contribution in [0.3, 0.4) is 0 Å². The topological polar surface area (TPSA) is 99.8 Å². The van der Waals surface area contributed by atoms with Gasteiger partial charge in [0.25, 0.3) is 0 Å². The molecule has 2 fully saturated rings. The van der Waals surface area contributed by atoms with E-state index < -0.39 is 0 Å². The molecule has 1 aliphatic heterocycles. The molecule has 0 aromatic carbocycles. The number of guanidine groups is 1. The maximum atomic E-state index is 11.3. The lowest BCUT2D eigenvalue weighted by Gasteiger charge is -2.23. The van der Waals surface area contributed by atoms with E-state index in [9.17, 15) is 9.59 Å². The highest BCUT2D eigenvalue weighted by Gasteiger charge is 2.27. The number of nitrogens with one attached hydrogen (secondary N) is 2. The molecule has 4 N–H and O–H groups in total. The second kappa shape index (κ2) is 6.40. The van der Waals surface area contributed by atoms with Gasteiger partial charge in [-0.15, -0.1) is 0 Å². The summed E-state index contributed by atoms with van der Waals surface area (Å²) >= 11 is 0. The van der Waals surface area contributed by atoms with E-state index in [2.05, 4.69) is 15.6 Å². The summed E-state index contributed by atoms with van der Waals surface area (Å²) in [5.74, 6) is 0.193. The summed E-state index contributed by atoms with van der Waals surface area (Å²) in [5.41, 5.74) is 5.79.